The molecule has 0 heterocycles. The van der Waals surface area contributed by atoms with Gasteiger partial charge in [0.05, 0.1) is 0 Å². The van der Waals surface area contributed by atoms with Gasteiger partial charge in [-0.05, 0) is 0 Å². The van der Waals surface area contributed by atoms with Crippen molar-refractivity contribution in [3.05, 3.63) is 254 Å². The molecule has 0 aliphatic rings. The van der Waals surface area contributed by atoms with Gasteiger partial charge in [0.25, 0.3) is 0 Å². The molecule has 8 aromatic rings. The molecule has 8 rings (SSSR count). The van der Waals surface area contributed by atoms with Crippen LogP contribution >= 0.6 is 13.7 Å². The molecule has 0 aromatic heterocycles. The van der Waals surface area contributed by atoms with Gasteiger partial charge in [0, 0.05) is 0 Å². The third-order valence-corrected chi connectivity index (χ3v) is 22.5. The van der Waals surface area contributed by atoms with Crippen molar-refractivity contribution >= 4 is 68.0 Å². The second-order valence-electron chi connectivity index (χ2n) is 14.4. The predicted octanol–water partition coefficient (Wildman–Crippen LogP) is 8.56. The number of rotatable bonds is 12. The van der Waals surface area contributed by atoms with Crippen molar-refractivity contribution < 1.29 is 18.6 Å². The first-order valence-corrected chi connectivity index (χ1v) is 23.9. The van der Waals surface area contributed by atoms with Gasteiger partial charge in [-0.15, -0.1) is 0 Å². The zero-order chi connectivity index (χ0) is 40.7. The third kappa shape index (κ3) is 6.24. The molecule has 0 unspecified atom stereocenters. The van der Waals surface area contributed by atoms with Crippen molar-refractivity contribution in [1.82, 2.24) is 0 Å². The van der Waals surface area contributed by atoms with Crippen LogP contribution in [-0.4, -0.2) is 11.9 Å². The van der Waals surface area contributed by atoms with Gasteiger partial charge < -0.3 is 0 Å². The molecule has 59 heavy (non-hydrogen) atoms. The van der Waals surface area contributed by atoms with E-state index in [0.717, 1.165) is 42.4 Å². The molecule has 0 saturated heterocycles. The average Bonchev–Trinajstić information content (AvgIpc) is 3.32. The molecule has 0 saturated carbocycles. The van der Waals surface area contributed by atoms with E-state index in [1.165, 1.54) is 6.08 Å². The number of hydrogen-bond acceptors (Lipinski definition) is 4. The number of benzene rings is 8. The van der Waals surface area contributed by atoms with Gasteiger partial charge in [-0.25, -0.2) is 0 Å². The van der Waals surface area contributed by atoms with Crippen LogP contribution in [0.5, 0.6) is 0 Å². The SMILES string of the molecule is C/C(=C/C(=O)OP(c1ccccc1)(c1ccccc1)(c1ccccc1)c1ccccc1)C(=O)OP(c1ccccc1)(c1ccccc1)(c1ccccc1)c1ccccc1. The first-order valence-electron chi connectivity index (χ1n) is 19.6. The second-order valence-corrected chi connectivity index (χ2v) is 23.0. The van der Waals surface area contributed by atoms with Crippen LogP contribution in [0.25, 0.3) is 0 Å². The summed E-state index contributed by atoms with van der Waals surface area (Å²) >= 11 is 0. The summed E-state index contributed by atoms with van der Waals surface area (Å²) in [5, 5.41) is 6.75. The Morgan fingerprint density at radius 2 is 0.508 bits per heavy atom. The van der Waals surface area contributed by atoms with Crippen LogP contribution in [0.4, 0.5) is 0 Å². The van der Waals surface area contributed by atoms with E-state index in [-0.39, 0.29) is 5.57 Å². The van der Waals surface area contributed by atoms with Crippen LogP contribution in [0.3, 0.4) is 0 Å². The topological polar surface area (TPSA) is 52.6 Å². The first-order chi connectivity index (χ1) is 28.9. The maximum absolute atomic E-state index is 15.3. The van der Waals surface area contributed by atoms with Crippen LogP contribution in [0.15, 0.2) is 254 Å². The van der Waals surface area contributed by atoms with Gasteiger partial charge in [-0.1, -0.05) is 0 Å². The fraction of sp³-hybridized carbons (Fsp3) is 0.0189. The summed E-state index contributed by atoms with van der Waals surface area (Å²) in [6.07, 6.45) is 1.30. The van der Waals surface area contributed by atoms with Crippen molar-refractivity contribution in [1.29, 1.82) is 0 Å². The minimum atomic E-state index is -4.38. The summed E-state index contributed by atoms with van der Waals surface area (Å²) in [5.41, 5.74) is 0.0987. The first kappa shape index (κ1) is 39.1. The molecular formula is C53H44O4P2. The van der Waals surface area contributed by atoms with Crippen LogP contribution in [-0.2, 0) is 18.6 Å². The Balaban J connectivity index is 1.36. The third-order valence-electron chi connectivity index (χ3n) is 11.2. The molecule has 290 valence electrons. The maximum atomic E-state index is 15.3. The summed E-state index contributed by atoms with van der Waals surface area (Å²) in [4.78, 5) is 30.4. The van der Waals surface area contributed by atoms with E-state index in [9.17, 15) is 0 Å². The van der Waals surface area contributed by atoms with Gasteiger partial charge in [0.2, 0.25) is 0 Å². The Labute approximate surface area is 346 Å². The molecule has 0 aliphatic heterocycles. The standard InChI is InChI=1S/C53H44O4P2/c1-43(53(55)57-59(48-34-18-6-19-35-48,49-36-20-7-21-37-49,50-38-22-8-23-39-50)51-40-24-9-25-41-51)42-52(54)56-58(44-26-10-2-11-27-44,45-28-12-3-13-29-45,46-30-14-4-15-31-46)47-32-16-5-17-33-47/h2-42H,1H3/b43-42-. The van der Waals surface area contributed by atoms with Crippen molar-refractivity contribution in [2.45, 2.75) is 6.92 Å². The van der Waals surface area contributed by atoms with Crippen LogP contribution in [0.1, 0.15) is 6.92 Å². The normalized spacial score (nSPS) is 13.1. The monoisotopic (exact) mass is 806 g/mol. The van der Waals surface area contributed by atoms with Gasteiger partial charge in [-0.3, -0.25) is 0 Å². The Bertz CT molecular complexity index is 2360. The van der Waals surface area contributed by atoms with E-state index in [1.807, 2.05) is 243 Å². The Morgan fingerprint density at radius 1 is 0.322 bits per heavy atom. The molecule has 0 radical (unpaired) electrons. The fourth-order valence-electron chi connectivity index (χ4n) is 8.59. The molecule has 0 atom stereocenters. The van der Waals surface area contributed by atoms with E-state index in [4.69, 9.17) is 9.05 Å². The molecule has 8 aromatic carbocycles. The number of carbonyl (C=O) groups excluding carboxylic acids is 2. The van der Waals surface area contributed by atoms with E-state index in [1.54, 1.807) is 6.92 Å². The van der Waals surface area contributed by atoms with E-state index in [0.29, 0.717) is 0 Å². The molecule has 0 amide bonds. The van der Waals surface area contributed by atoms with Crippen molar-refractivity contribution in [3.63, 3.8) is 0 Å². The second kappa shape index (κ2) is 16.3. The van der Waals surface area contributed by atoms with Crippen molar-refractivity contribution in [2.75, 3.05) is 0 Å². The van der Waals surface area contributed by atoms with Gasteiger partial charge in [0.1, 0.15) is 0 Å². The number of hydrogen-bond donors (Lipinski definition) is 0. The molecule has 0 fully saturated rings. The molecule has 0 bridgehead atoms. The van der Waals surface area contributed by atoms with E-state index < -0.39 is 25.6 Å². The zero-order valence-corrected chi connectivity index (χ0v) is 34.5. The van der Waals surface area contributed by atoms with Crippen LogP contribution in [0.2, 0.25) is 0 Å². The quantitative estimate of drug-likeness (QED) is 0.0918. The Kier molecular flexibility index (Phi) is 10.8. The van der Waals surface area contributed by atoms with Gasteiger partial charge >= 0.3 is 348 Å². The average molecular weight is 807 g/mol. The van der Waals surface area contributed by atoms with Crippen molar-refractivity contribution in [2.24, 2.45) is 0 Å². The molecule has 4 nitrogen and oxygen atoms in total. The van der Waals surface area contributed by atoms with Gasteiger partial charge in [0.15, 0.2) is 0 Å². The molecule has 0 spiro atoms. The van der Waals surface area contributed by atoms with Crippen LogP contribution < -0.4 is 42.4 Å². The summed E-state index contributed by atoms with van der Waals surface area (Å²) in [5.74, 6) is -1.31. The van der Waals surface area contributed by atoms with Crippen LogP contribution in [0, 0.1) is 0 Å². The minimum absolute atomic E-state index is 0.0987. The Morgan fingerprint density at radius 3 is 0.712 bits per heavy atom. The van der Waals surface area contributed by atoms with Crippen molar-refractivity contribution in [3.8, 4) is 0 Å². The molecule has 0 aliphatic carbocycles. The van der Waals surface area contributed by atoms with E-state index >= 15 is 9.59 Å². The molecular weight excluding hydrogens is 763 g/mol. The molecule has 6 heteroatoms. The van der Waals surface area contributed by atoms with E-state index in [2.05, 4.69) is 0 Å². The zero-order valence-electron chi connectivity index (χ0n) is 32.7. The Hall–Kier alpha value is -6.70. The fourth-order valence-corrected chi connectivity index (χ4v) is 19.8. The van der Waals surface area contributed by atoms with Gasteiger partial charge in [-0.2, -0.15) is 0 Å². The predicted molar refractivity (Wildman–Crippen MR) is 248 cm³/mol. The summed E-state index contributed by atoms with van der Waals surface area (Å²) in [6, 6.07) is 79.8. The number of carbonyl (C=O) groups is 2. The summed E-state index contributed by atoms with van der Waals surface area (Å²) in [6.45, 7) is -7.11. The summed E-state index contributed by atoms with van der Waals surface area (Å²) < 4.78 is 14.7. The molecule has 0 N–H and O–H groups in total. The summed E-state index contributed by atoms with van der Waals surface area (Å²) in [7, 11) is 0.